The number of nitrogens with zero attached hydrogens (tertiary/aromatic N) is 2. The molecule has 1 aliphatic rings. The standard InChI is InChI=1S/C18H17ClN2O2/c19-15-7-4-14(5-8-15)6-9-18(22)21-12-10-16(13-21)23-17-3-1-2-11-20-17/h1-9,11,16H,10,12-13H2/b9-6+. The molecule has 0 saturated carbocycles. The van der Waals surface area contributed by atoms with Crippen LogP contribution in [0.1, 0.15) is 12.0 Å². The average Bonchev–Trinajstić information content (AvgIpc) is 3.03. The van der Waals surface area contributed by atoms with Gasteiger partial charge in [-0.2, -0.15) is 0 Å². The van der Waals surface area contributed by atoms with Gasteiger partial charge in [-0.15, -0.1) is 0 Å². The lowest BCUT2D eigenvalue weighted by atomic mass is 10.2. The lowest BCUT2D eigenvalue weighted by molar-refractivity contribution is -0.125. The number of carbonyl (C=O) groups is 1. The van der Waals surface area contributed by atoms with E-state index in [2.05, 4.69) is 4.98 Å². The van der Waals surface area contributed by atoms with E-state index in [-0.39, 0.29) is 12.0 Å². The minimum Gasteiger partial charge on any atom is -0.472 e. The van der Waals surface area contributed by atoms with E-state index in [4.69, 9.17) is 16.3 Å². The first-order valence-electron chi connectivity index (χ1n) is 7.51. The van der Waals surface area contributed by atoms with Gasteiger partial charge in [0, 0.05) is 36.3 Å². The molecule has 0 aliphatic carbocycles. The molecule has 3 rings (SSSR count). The summed E-state index contributed by atoms with van der Waals surface area (Å²) in [6.07, 6.45) is 5.90. The van der Waals surface area contributed by atoms with Gasteiger partial charge in [0.2, 0.25) is 11.8 Å². The Hall–Kier alpha value is -2.33. The van der Waals surface area contributed by atoms with Gasteiger partial charge in [0.15, 0.2) is 0 Å². The molecule has 0 bridgehead atoms. The lowest BCUT2D eigenvalue weighted by Crippen LogP contribution is -2.29. The maximum atomic E-state index is 12.2. The van der Waals surface area contributed by atoms with Crippen LogP contribution in [-0.2, 0) is 4.79 Å². The fraction of sp³-hybridized carbons (Fsp3) is 0.222. The van der Waals surface area contributed by atoms with Crippen LogP contribution in [0.25, 0.3) is 6.08 Å². The zero-order valence-electron chi connectivity index (χ0n) is 12.6. The zero-order chi connectivity index (χ0) is 16.1. The fourth-order valence-electron chi connectivity index (χ4n) is 2.46. The number of carbonyl (C=O) groups excluding carboxylic acids is 1. The Balaban J connectivity index is 1.54. The van der Waals surface area contributed by atoms with E-state index in [0.29, 0.717) is 24.0 Å². The van der Waals surface area contributed by atoms with Gasteiger partial charge in [0.1, 0.15) is 6.10 Å². The molecule has 0 spiro atoms. The average molecular weight is 329 g/mol. The Morgan fingerprint density at radius 2 is 2.09 bits per heavy atom. The second-order valence-corrected chi connectivity index (χ2v) is 5.80. The minimum absolute atomic E-state index is 0.00205. The number of rotatable bonds is 4. The number of ether oxygens (including phenoxy) is 1. The highest BCUT2D eigenvalue weighted by Crippen LogP contribution is 2.17. The molecule has 0 radical (unpaired) electrons. The maximum Gasteiger partial charge on any atom is 0.246 e. The van der Waals surface area contributed by atoms with Crippen molar-refractivity contribution in [1.82, 2.24) is 9.88 Å². The topological polar surface area (TPSA) is 42.4 Å². The van der Waals surface area contributed by atoms with Crippen molar-refractivity contribution in [3.8, 4) is 5.88 Å². The first-order chi connectivity index (χ1) is 11.2. The molecule has 2 heterocycles. The summed E-state index contributed by atoms with van der Waals surface area (Å²) in [4.78, 5) is 18.2. The SMILES string of the molecule is O=C(/C=C/c1ccc(Cl)cc1)N1CCC(Oc2ccccn2)C1. The van der Waals surface area contributed by atoms with E-state index in [0.717, 1.165) is 12.0 Å². The van der Waals surface area contributed by atoms with E-state index in [9.17, 15) is 4.79 Å². The van der Waals surface area contributed by atoms with Crippen molar-refractivity contribution in [3.05, 3.63) is 65.3 Å². The van der Waals surface area contributed by atoms with Crippen molar-refractivity contribution in [2.45, 2.75) is 12.5 Å². The first kappa shape index (κ1) is 15.6. The Bertz CT molecular complexity index is 686. The second-order valence-electron chi connectivity index (χ2n) is 5.37. The highest BCUT2D eigenvalue weighted by molar-refractivity contribution is 6.30. The zero-order valence-corrected chi connectivity index (χ0v) is 13.3. The predicted molar refractivity (Wildman–Crippen MR) is 90.3 cm³/mol. The van der Waals surface area contributed by atoms with Crippen molar-refractivity contribution in [1.29, 1.82) is 0 Å². The van der Waals surface area contributed by atoms with E-state index in [1.54, 1.807) is 35.4 Å². The van der Waals surface area contributed by atoms with Crippen molar-refractivity contribution in [2.75, 3.05) is 13.1 Å². The molecule has 2 aromatic rings. The molecule has 1 saturated heterocycles. The van der Waals surface area contributed by atoms with Gasteiger partial charge in [-0.3, -0.25) is 4.79 Å². The van der Waals surface area contributed by atoms with Crippen molar-refractivity contribution >= 4 is 23.6 Å². The second kappa shape index (κ2) is 7.29. The molecule has 118 valence electrons. The van der Waals surface area contributed by atoms with E-state index >= 15 is 0 Å². The summed E-state index contributed by atoms with van der Waals surface area (Å²) in [7, 11) is 0. The first-order valence-corrected chi connectivity index (χ1v) is 7.89. The minimum atomic E-state index is -0.00734. The maximum absolute atomic E-state index is 12.2. The Morgan fingerprint density at radius 1 is 1.26 bits per heavy atom. The van der Waals surface area contributed by atoms with Gasteiger partial charge in [0.05, 0.1) is 6.54 Å². The Labute approximate surface area is 140 Å². The van der Waals surface area contributed by atoms with Crippen LogP contribution >= 0.6 is 11.6 Å². The third kappa shape index (κ3) is 4.33. The van der Waals surface area contributed by atoms with E-state index < -0.39 is 0 Å². The highest BCUT2D eigenvalue weighted by Gasteiger charge is 2.26. The molecule has 4 nitrogen and oxygen atoms in total. The largest absolute Gasteiger partial charge is 0.472 e. The Kier molecular flexibility index (Phi) is 4.93. The molecular weight excluding hydrogens is 312 g/mol. The third-order valence-corrected chi connectivity index (χ3v) is 3.92. The van der Waals surface area contributed by atoms with Crippen LogP contribution in [0.4, 0.5) is 0 Å². The summed E-state index contributed by atoms with van der Waals surface area (Å²) in [6, 6.07) is 12.9. The molecule has 0 N–H and O–H groups in total. The Morgan fingerprint density at radius 3 is 2.83 bits per heavy atom. The number of amides is 1. The van der Waals surface area contributed by atoms with Gasteiger partial charge >= 0.3 is 0 Å². The van der Waals surface area contributed by atoms with Gasteiger partial charge in [0.25, 0.3) is 0 Å². The molecule has 5 heteroatoms. The quantitative estimate of drug-likeness (QED) is 0.808. The molecule has 23 heavy (non-hydrogen) atoms. The summed E-state index contributed by atoms with van der Waals surface area (Å²) in [5.74, 6) is 0.593. The van der Waals surface area contributed by atoms with Crippen molar-refractivity contribution < 1.29 is 9.53 Å². The van der Waals surface area contributed by atoms with E-state index in [1.807, 2.05) is 30.3 Å². The normalized spacial score (nSPS) is 17.6. The molecule has 1 fully saturated rings. The van der Waals surface area contributed by atoms with Gasteiger partial charge in [-0.1, -0.05) is 29.8 Å². The van der Waals surface area contributed by atoms with Gasteiger partial charge in [-0.05, 0) is 29.8 Å². The van der Waals surface area contributed by atoms with Crippen molar-refractivity contribution in [2.24, 2.45) is 0 Å². The number of pyridine rings is 1. The smallest absolute Gasteiger partial charge is 0.246 e. The molecule has 1 atom stereocenters. The molecular formula is C18H17ClN2O2. The molecule has 1 amide bonds. The van der Waals surface area contributed by atoms with Gasteiger partial charge < -0.3 is 9.64 Å². The highest BCUT2D eigenvalue weighted by atomic mass is 35.5. The summed E-state index contributed by atoms with van der Waals surface area (Å²) in [5, 5.41) is 0.683. The summed E-state index contributed by atoms with van der Waals surface area (Å²) in [6.45, 7) is 1.28. The molecule has 1 aromatic carbocycles. The van der Waals surface area contributed by atoms with Crippen LogP contribution in [0.5, 0.6) is 5.88 Å². The van der Waals surface area contributed by atoms with Crippen LogP contribution in [0, 0.1) is 0 Å². The summed E-state index contributed by atoms with van der Waals surface area (Å²) in [5.41, 5.74) is 0.947. The van der Waals surface area contributed by atoms with Crippen LogP contribution in [0.3, 0.4) is 0 Å². The number of aromatic nitrogens is 1. The number of hydrogen-bond acceptors (Lipinski definition) is 3. The molecule has 1 aromatic heterocycles. The van der Waals surface area contributed by atoms with Crippen LogP contribution in [-0.4, -0.2) is 35.0 Å². The van der Waals surface area contributed by atoms with Crippen LogP contribution in [0.15, 0.2) is 54.7 Å². The summed E-state index contributed by atoms with van der Waals surface area (Å²) >= 11 is 5.84. The number of benzene rings is 1. The fourth-order valence-corrected chi connectivity index (χ4v) is 2.58. The van der Waals surface area contributed by atoms with E-state index in [1.165, 1.54) is 0 Å². The molecule has 1 aliphatic heterocycles. The van der Waals surface area contributed by atoms with Gasteiger partial charge in [-0.25, -0.2) is 4.98 Å². The number of halogens is 1. The van der Waals surface area contributed by atoms with Crippen LogP contribution < -0.4 is 4.74 Å². The number of hydrogen-bond donors (Lipinski definition) is 0. The third-order valence-electron chi connectivity index (χ3n) is 3.67. The monoisotopic (exact) mass is 328 g/mol. The van der Waals surface area contributed by atoms with Crippen molar-refractivity contribution in [3.63, 3.8) is 0 Å². The summed E-state index contributed by atoms with van der Waals surface area (Å²) < 4.78 is 5.79. The van der Waals surface area contributed by atoms with Crippen LogP contribution in [0.2, 0.25) is 5.02 Å². The molecule has 1 unspecified atom stereocenters. The lowest BCUT2D eigenvalue weighted by Gasteiger charge is -2.15. The number of likely N-dealkylation sites (tertiary alicyclic amines) is 1. The predicted octanol–water partition coefficient (Wildman–Crippen LogP) is 3.43.